The molecule has 1 fully saturated rings. The van der Waals surface area contributed by atoms with Crippen LogP contribution in [0.25, 0.3) is 0 Å². The molecule has 0 spiro atoms. The maximum atomic E-state index is 13.1. The second-order valence-electron chi connectivity index (χ2n) is 7.76. The lowest BCUT2D eigenvalue weighted by Gasteiger charge is -2.29. The molecule has 27 heavy (non-hydrogen) atoms. The van der Waals surface area contributed by atoms with Crippen molar-refractivity contribution >= 4 is 11.9 Å². The predicted octanol–water partition coefficient (Wildman–Crippen LogP) is 4.17. The van der Waals surface area contributed by atoms with E-state index in [-0.39, 0.29) is 17.7 Å². The Morgan fingerprint density at radius 3 is 1.93 bits per heavy atom. The van der Waals surface area contributed by atoms with E-state index in [9.17, 15) is 14.7 Å². The maximum absolute atomic E-state index is 13.1. The van der Waals surface area contributed by atoms with Gasteiger partial charge in [-0.1, -0.05) is 74.5 Å². The average Bonchev–Trinajstić information content (AvgIpc) is 3.15. The summed E-state index contributed by atoms with van der Waals surface area (Å²) in [6, 6.07) is 20.1. The highest BCUT2D eigenvalue weighted by atomic mass is 16.4. The third-order valence-electron chi connectivity index (χ3n) is 5.97. The van der Waals surface area contributed by atoms with Gasteiger partial charge in [-0.3, -0.25) is 9.59 Å². The Morgan fingerprint density at radius 1 is 1.00 bits per heavy atom. The second kappa shape index (κ2) is 7.95. The molecule has 3 rings (SSSR count). The first-order valence-corrected chi connectivity index (χ1v) is 9.55. The van der Waals surface area contributed by atoms with Gasteiger partial charge in [-0.2, -0.15) is 0 Å². The molecule has 0 aliphatic carbocycles. The number of hydrogen-bond acceptors (Lipinski definition) is 2. The van der Waals surface area contributed by atoms with Crippen LogP contribution in [0.2, 0.25) is 0 Å². The largest absolute Gasteiger partial charge is 0.481 e. The normalized spacial score (nSPS) is 19.6. The van der Waals surface area contributed by atoms with Crippen LogP contribution < -0.4 is 0 Å². The van der Waals surface area contributed by atoms with E-state index < -0.39 is 11.4 Å². The van der Waals surface area contributed by atoms with Crippen molar-refractivity contribution in [3.05, 3.63) is 71.8 Å². The van der Waals surface area contributed by atoms with Crippen LogP contribution in [0.5, 0.6) is 0 Å². The number of carboxylic acid groups (broad SMARTS) is 1. The minimum Gasteiger partial charge on any atom is -0.481 e. The number of nitrogens with zero attached hydrogens (tertiary/aromatic N) is 1. The van der Waals surface area contributed by atoms with Gasteiger partial charge < -0.3 is 10.0 Å². The molecule has 142 valence electrons. The fraction of sp³-hybridized carbons (Fsp3) is 0.391. The topological polar surface area (TPSA) is 57.6 Å². The number of aliphatic carboxylic acids is 1. The van der Waals surface area contributed by atoms with Crippen LogP contribution in [0, 0.1) is 11.3 Å². The predicted molar refractivity (Wildman–Crippen MR) is 105 cm³/mol. The highest BCUT2D eigenvalue weighted by molar-refractivity contribution is 5.81. The summed E-state index contributed by atoms with van der Waals surface area (Å²) in [7, 11) is 0. The quantitative estimate of drug-likeness (QED) is 0.836. The first-order valence-electron chi connectivity index (χ1n) is 9.55. The molecule has 1 saturated heterocycles. The van der Waals surface area contributed by atoms with E-state index in [1.165, 1.54) is 0 Å². The number of likely N-dealkylation sites (tertiary alicyclic amines) is 1. The van der Waals surface area contributed by atoms with E-state index >= 15 is 0 Å². The standard InChI is InChI=1S/C23H27NO3/c1-17(2)23(22(26)27)13-14-24(16-23)21(25)15-20(18-9-5-3-6-10-18)19-11-7-4-8-12-19/h3-12,17,20H,13-16H2,1-2H3,(H,26,27). The van der Waals surface area contributed by atoms with E-state index in [0.29, 0.717) is 25.9 Å². The number of amides is 1. The molecule has 2 aromatic rings. The zero-order chi connectivity index (χ0) is 19.4. The summed E-state index contributed by atoms with van der Waals surface area (Å²) in [5.74, 6) is -0.808. The zero-order valence-corrected chi connectivity index (χ0v) is 16.0. The number of carboxylic acids is 1. The van der Waals surface area contributed by atoms with Gasteiger partial charge in [0, 0.05) is 25.4 Å². The van der Waals surface area contributed by atoms with Crippen LogP contribution in [0.3, 0.4) is 0 Å². The van der Waals surface area contributed by atoms with Crippen molar-refractivity contribution in [2.24, 2.45) is 11.3 Å². The minimum atomic E-state index is -0.829. The Labute approximate surface area is 160 Å². The van der Waals surface area contributed by atoms with Crippen LogP contribution >= 0.6 is 0 Å². The Balaban J connectivity index is 1.81. The van der Waals surface area contributed by atoms with Gasteiger partial charge in [0.2, 0.25) is 5.91 Å². The van der Waals surface area contributed by atoms with Crippen molar-refractivity contribution < 1.29 is 14.7 Å². The van der Waals surface area contributed by atoms with Gasteiger partial charge in [0.05, 0.1) is 5.41 Å². The van der Waals surface area contributed by atoms with Gasteiger partial charge in [-0.25, -0.2) is 0 Å². The highest BCUT2D eigenvalue weighted by Gasteiger charge is 2.48. The summed E-state index contributed by atoms with van der Waals surface area (Å²) < 4.78 is 0. The molecule has 0 saturated carbocycles. The first-order chi connectivity index (χ1) is 12.9. The van der Waals surface area contributed by atoms with Crippen LogP contribution in [0.1, 0.15) is 43.7 Å². The van der Waals surface area contributed by atoms with Crippen LogP contribution in [0.15, 0.2) is 60.7 Å². The number of benzene rings is 2. The van der Waals surface area contributed by atoms with E-state index in [2.05, 4.69) is 0 Å². The second-order valence-corrected chi connectivity index (χ2v) is 7.76. The molecule has 1 unspecified atom stereocenters. The highest BCUT2D eigenvalue weighted by Crippen LogP contribution is 2.39. The van der Waals surface area contributed by atoms with Gasteiger partial charge in [-0.15, -0.1) is 0 Å². The van der Waals surface area contributed by atoms with Crippen molar-refractivity contribution in [1.29, 1.82) is 0 Å². The monoisotopic (exact) mass is 365 g/mol. The minimum absolute atomic E-state index is 0.00755. The molecule has 1 atom stereocenters. The Kier molecular flexibility index (Phi) is 5.64. The molecule has 1 aliphatic rings. The van der Waals surface area contributed by atoms with Gasteiger partial charge in [-0.05, 0) is 23.5 Å². The molecule has 1 aliphatic heterocycles. The first kappa shape index (κ1) is 19.2. The fourth-order valence-electron chi connectivity index (χ4n) is 4.04. The van der Waals surface area contributed by atoms with Gasteiger partial charge in [0.1, 0.15) is 0 Å². The van der Waals surface area contributed by atoms with Crippen LogP contribution in [0.4, 0.5) is 0 Å². The molecule has 1 N–H and O–H groups in total. The van der Waals surface area contributed by atoms with E-state index in [1.54, 1.807) is 4.90 Å². The lowest BCUT2D eigenvalue weighted by atomic mass is 9.76. The SMILES string of the molecule is CC(C)C1(C(=O)O)CCN(C(=O)CC(c2ccccc2)c2ccccc2)C1. The maximum Gasteiger partial charge on any atom is 0.311 e. The summed E-state index contributed by atoms with van der Waals surface area (Å²) in [5.41, 5.74) is 1.37. The Bertz CT molecular complexity index is 748. The smallest absolute Gasteiger partial charge is 0.311 e. The van der Waals surface area contributed by atoms with Crippen LogP contribution in [-0.4, -0.2) is 35.0 Å². The Hall–Kier alpha value is -2.62. The van der Waals surface area contributed by atoms with E-state index in [1.807, 2.05) is 74.5 Å². The van der Waals surface area contributed by atoms with E-state index in [4.69, 9.17) is 0 Å². The number of hydrogen-bond donors (Lipinski definition) is 1. The molecule has 0 aromatic heterocycles. The summed E-state index contributed by atoms with van der Waals surface area (Å²) in [5, 5.41) is 9.73. The van der Waals surface area contributed by atoms with E-state index in [0.717, 1.165) is 11.1 Å². The number of carbonyl (C=O) groups is 2. The molecule has 4 nitrogen and oxygen atoms in total. The van der Waals surface area contributed by atoms with Crippen molar-refractivity contribution in [2.45, 2.75) is 32.6 Å². The average molecular weight is 365 g/mol. The Morgan fingerprint density at radius 2 is 1.52 bits per heavy atom. The lowest BCUT2D eigenvalue weighted by molar-refractivity contribution is -0.151. The van der Waals surface area contributed by atoms with Crippen molar-refractivity contribution in [2.75, 3.05) is 13.1 Å². The molecule has 1 heterocycles. The van der Waals surface area contributed by atoms with Gasteiger partial charge in [0.15, 0.2) is 0 Å². The molecule has 2 aromatic carbocycles. The zero-order valence-electron chi connectivity index (χ0n) is 16.0. The van der Waals surface area contributed by atoms with Crippen molar-refractivity contribution in [3.63, 3.8) is 0 Å². The summed E-state index contributed by atoms with van der Waals surface area (Å²) >= 11 is 0. The molecular weight excluding hydrogens is 338 g/mol. The number of carbonyl (C=O) groups excluding carboxylic acids is 1. The molecule has 1 amide bonds. The number of rotatable bonds is 6. The molecule has 0 radical (unpaired) electrons. The third-order valence-corrected chi connectivity index (χ3v) is 5.97. The fourth-order valence-corrected chi connectivity index (χ4v) is 4.04. The van der Waals surface area contributed by atoms with Crippen molar-refractivity contribution in [3.8, 4) is 0 Å². The van der Waals surface area contributed by atoms with Gasteiger partial charge in [0.25, 0.3) is 0 Å². The molecule has 4 heteroatoms. The summed E-state index contributed by atoms with van der Waals surface area (Å²) in [4.78, 5) is 26.7. The third kappa shape index (κ3) is 3.90. The molecular formula is C23H27NO3. The molecule has 0 bridgehead atoms. The van der Waals surface area contributed by atoms with Gasteiger partial charge >= 0.3 is 5.97 Å². The summed E-state index contributed by atoms with van der Waals surface area (Å²) in [6.45, 7) is 4.67. The van der Waals surface area contributed by atoms with Crippen LogP contribution in [-0.2, 0) is 9.59 Å². The lowest BCUT2D eigenvalue weighted by Crippen LogP contribution is -2.40. The summed E-state index contributed by atoms with van der Waals surface area (Å²) in [6.07, 6.45) is 0.870. The van der Waals surface area contributed by atoms with Crippen molar-refractivity contribution in [1.82, 2.24) is 4.90 Å².